The number of hydrogen-bond acceptors (Lipinski definition) is 4. The van der Waals surface area contributed by atoms with Gasteiger partial charge in [0, 0.05) is 24.9 Å². The van der Waals surface area contributed by atoms with E-state index in [9.17, 15) is 9.18 Å². The van der Waals surface area contributed by atoms with Crippen molar-refractivity contribution in [3.63, 3.8) is 0 Å². The lowest BCUT2D eigenvalue weighted by Gasteiger charge is -2.14. The summed E-state index contributed by atoms with van der Waals surface area (Å²) in [7, 11) is 3.50. The Morgan fingerprint density at radius 1 is 1.48 bits per heavy atom. The number of nitrogens with zero attached hydrogens (tertiary/aromatic N) is 2. The van der Waals surface area contributed by atoms with Crippen molar-refractivity contribution in [2.24, 2.45) is 7.05 Å². The van der Waals surface area contributed by atoms with E-state index < -0.39 is 6.04 Å². The lowest BCUT2D eigenvalue weighted by molar-refractivity contribution is -0.123. The lowest BCUT2D eigenvalue weighted by atomic mass is 10.1. The van der Waals surface area contributed by atoms with Crippen molar-refractivity contribution in [3.8, 4) is 5.75 Å². The summed E-state index contributed by atoms with van der Waals surface area (Å²) in [6, 6.07) is 5.41. The summed E-state index contributed by atoms with van der Waals surface area (Å²) in [6.45, 7) is 0.590. The zero-order chi connectivity index (χ0) is 15.9. The largest absolute Gasteiger partial charge is 0.492 e. The van der Waals surface area contributed by atoms with E-state index in [4.69, 9.17) is 4.74 Å². The third-order valence-electron chi connectivity index (χ3n) is 3.08. The van der Waals surface area contributed by atoms with E-state index in [1.165, 1.54) is 12.1 Å². The summed E-state index contributed by atoms with van der Waals surface area (Å²) >= 11 is 0. The first-order chi connectivity index (χ1) is 10.6. The Bertz CT molecular complexity index is 635. The van der Waals surface area contributed by atoms with Gasteiger partial charge in [-0.2, -0.15) is 5.10 Å². The minimum Gasteiger partial charge on any atom is -0.492 e. The molecule has 0 saturated carbocycles. The standard InChI is InChI=1S/C15H19FN4O2.ClH/c1-17-14(11-9-19-20(2)10-11)15(21)18-6-7-22-13-5-3-4-12(16)8-13;/h3-5,8-10,14,17H,6-7H2,1-2H3,(H,18,21);1H. The minimum absolute atomic E-state index is 0. The molecule has 0 fully saturated rings. The fourth-order valence-corrected chi connectivity index (χ4v) is 2.04. The van der Waals surface area contributed by atoms with Crippen LogP contribution in [0.3, 0.4) is 0 Å². The topological polar surface area (TPSA) is 68.2 Å². The molecule has 0 aliphatic heterocycles. The fraction of sp³-hybridized carbons (Fsp3) is 0.333. The van der Waals surface area contributed by atoms with Gasteiger partial charge in [0.2, 0.25) is 5.91 Å². The molecular weight excluding hydrogens is 323 g/mol. The summed E-state index contributed by atoms with van der Waals surface area (Å²) in [5.41, 5.74) is 0.786. The summed E-state index contributed by atoms with van der Waals surface area (Å²) in [5.74, 6) is -0.0848. The average Bonchev–Trinajstić information content (AvgIpc) is 2.91. The molecule has 2 rings (SSSR count). The molecule has 6 nitrogen and oxygen atoms in total. The molecule has 1 heterocycles. The summed E-state index contributed by atoms with van der Waals surface area (Å²) in [6.07, 6.45) is 3.42. The molecule has 2 N–H and O–H groups in total. The van der Waals surface area contributed by atoms with Gasteiger partial charge in [-0.25, -0.2) is 4.39 Å². The molecule has 1 amide bonds. The summed E-state index contributed by atoms with van der Waals surface area (Å²) in [4.78, 5) is 12.1. The van der Waals surface area contributed by atoms with Crippen LogP contribution >= 0.6 is 12.4 Å². The van der Waals surface area contributed by atoms with Crippen molar-refractivity contribution in [2.75, 3.05) is 20.2 Å². The van der Waals surface area contributed by atoms with E-state index in [0.717, 1.165) is 5.56 Å². The van der Waals surface area contributed by atoms with Gasteiger partial charge in [-0.3, -0.25) is 9.48 Å². The zero-order valence-electron chi connectivity index (χ0n) is 13.0. The van der Waals surface area contributed by atoms with Crippen LogP contribution in [0.4, 0.5) is 4.39 Å². The second kappa shape index (κ2) is 9.12. The van der Waals surface area contributed by atoms with Gasteiger partial charge in [-0.05, 0) is 19.2 Å². The quantitative estimate of drug-likeness (QED) is 0.747. The average molecular weight is 343 g/mol. The number of rotatable bonds is 7. The Kier molecular flexibility index (Phi) is 7.50. The molecule has 0 aliphatic rings. The van der Waals surface area contributed by atoms with Gasteiger partial charge in [0.1, 0.15) is 24.2 Å². The molecule has 0 radical (unpaired) electrons. The van der Waals surface area contributed by atoms with Crippen LogP contribution in [0, 0.1) is 5.82 Å². The molecule has 23 heavy (non-hydrogen) atoms. The van der Waals surface area contributed by atoms with Crippen LogP contribution < -0.4 is 15.4 Å². The Balaban J connectivity index is 0.00000264. The Morgan fingerprint density at radius 2 is 2.26 bits per heavy atom. The number of benzene rings is 1. The summed E-state index contributed by atoms with van der Waals surface area (Å²) < 4.78 is 20.0. The van der Waals surface area contributed by atoms with E-state index in [2.05, 4.69) is 15.7 Å². The second-order valence-corrected chi connectivity index (χ2v) is 4.77. The minimum atomic E-state index is -0.470. The maximum atomic E-state index is 13.0. The number of amides is 1. The van der Waals surface area contributed by atoms with Crippen LogP contribution in [0.2, 0.25) is 0 Å². The third kappa shape index (κ3) is 5.54. The number of likely N-dealkylation sites (N-methyl/N-ethyl adjacent to an activating group) is 1. The molecule has 1 aromatic heterocycles. The maximum Gasteiger partial charge on any atom is 0.241 e. The van der Waals surface area contributed by atoms with Crippen molar-refractivity contribution in [1.29, 1.82) is 0 Å². The second-order valence-electron chi connectivity index (χ2n) is 4.77. The van der Waals surface area contributed by atoms with Crippen LogP contribution in [0.1, 0.15) is 11.6 Å². The predicted molar refractivity (Wildman–Crippen MR) is 87.2 cm³/mol. The molecule has 126 valence electrons. The normalized spacial score (nSPS) is 11.4. The molecule has 2 aromatic rings. The smallest absolute Gasteiger partial charge is 0.241 e. The highest BCUT2D eigenvalue weighted by Gasteiger charge is 2.19. The van der Waals surface area contributed by atoms with Gasteiger partial charge in [0.05, 0.1) is 12.7 Å². The highest BCUT2D eigenvalue weighted by atomic mass is 35.5. The van der Waals surface area contributed by atoms with Gasteiger partial charge in [-0.15, -0.1) is 12.4 Å². The molecule has 0 aliphatic carbocycles. The Labute approximate surface area is 140 Å². The first kappa shape index (κ1) is 18.9. The number of carbonyl (C=O) groups is 1. The molecular formula is C15H20ClFN4O2. The van der Waals surface area contributed by atoms with Gasteiger partial charge < -0.3 is 15.4 Å². The van der Waals surface area contributed by atoms with E-state index in [1.54, 1.807) is 43.3 Å². The van der Waals surface area contributed by atoms with E-state index in [0.29, 0.717) is 12.3 Å². The molecule has 1 unspecified atom stereocenters. The van der Waals surface area contributed by atoms with Crippen LogP contribution in [0.5, 0.6) is 5.75 Å². The number of aryl methyl sites for hydroxylation is 1. The Hall–Kier alpha value is -2.12. The van der Waals surface area contributed by atoms with Crippen LogP contribution in [0.15, 0.2) is 36.7 Å². The first-order valence-corrected chi connectivity index (χ1v) is 6.92. The van der Waals surface area contributed by atoms with Gasteiger partial charge in [0.15, 0.2) is 0 Å². The first-order valence-electron chi connectivity index (χ1n) is 6.92. The number of halogens is 2. The monoisotopic (exact) mass is 342 g/mol. The van der Waals surface area contributed by atoms with Crippen LogP contribution in [-0.4, -0.2) is 35.9 Å². The molecule has 1 atom stereocenters. The number of carbonyl (C=O) groups excluding carboxylic acids is 1. The number of nitrogens with one attached hydrogen (secondary N) is 2. The molecule has 0 saturated heterocycles. The number of hydrogen-bond donors (Lipinski definition) is 2. The SMILES string of the molecule is CNC(C(=O)NCCOc1cccc(F)c1)c1cnn(C)c1.Cl. The number of ether oxygens (including phenoxy) is 1. The maximum absolute atomic E-state index is 13.0. The highest BCUT2D eigenvalue weighted by Crippen LogP contribution is 2.12. The fourth-order valence-electron chi connectivity index (χ4n) is 2.04. The zero-order valence-corrected chi connectivity index (χ0v) is 13.8. The van der Waals surface area contributed by atoms with Crippen LogP contribution in [-0.2, 0) is 11.8 Å². The van der Waals surface area contributed by atoms with Crippen molar-refractivity contribution in [3.05, 3.63) is 48.0 Å². The molecule has 1 aromatic carbocycles. The van der Waals surface area contributed by atoms with E-state index in [1.807, 2.05) is 0 Å². The number of aromatic nitrogens is 2. The van der Waals surface area contributed by atoms with Crippen molar-refractivity contribution < 1.29 is 13.9 Å². The third-order valence-corrected chi connectivity index (χ3v) is 3.08. The van der Waals surface area contributed by atoms with Crippen molar-refractivity contribution in [2.45, 2.75) is 6.04 Å². The van der Waals surface area contributed by atoms with Crippen molar-refractivity contribution in [1.82, 2.24) is 20.4 Å². The van der Waals surface area contributed by atoms with Gasteiger partial charge >= 0.3 is 0 Å². The van der Waals surface area contributed by atoms with Crippen molar-refractivity contribution >= 4 is 18.3 Å². The highest BCUT2D eigenvalue weighted by molar-refractivity contribution is 5.85. The Morgan fingerprint density at radius 3 is 2.87 bits per heavy atom. The summed E-state index contributed by atoms with van der Waals surface area (Å²) in [5, 5.41) is 9.76. The molecule has 0 spiro atoms. The van der Waals surface area contributed by atoms with Crippen LogP contribution in [0.25, 0.3) is 0 Å². The van der Waals surface area contributed by atoms with E-state index in [-0.39, 0.29) is 30.7 Å². The molecule has 0 bridgehead atoms. The predicted octanol–water partition coefficient (Wildman–Crippen LogP) is 1.44. The lowest BCUT2D eigenvalue weighted by Crippen LogP contribution is -2.37. The van der Waals surface area contributed by atoms with Gasteiger partial charge in [0.25, 0.3) is 0 Å². The van der Waals surface area contributed by atoms with Gasteiger partial charge in [-0.1, -0.05) is 6.07 Å². The molecule has 8 heteroatoms. The van der Waals surface area contributed by atoms with E-state index >= 15 is 0 Å².